The van der Waals surface area contributed by atoms with Crippen molar-refractivity contribution in [2.75, 3.05) is 25.6 Å². The fourth-order valence-electron chi connectivity index (χ4n) is 2.63. The van der Waals surface area contributed by atoms with Crippen LogP contribution in [0.4, 0.5) is 5.95 Å². The molecule has 144 valence electrons. The minimum Gasteiger partial charge on any atom is -0.387 e. The van der Waals surface area contributed by atoms with Crippen molar-refractivity contribution in [1.82, 2.24) is 9.97 Å². The molecule has 0 spiro atoms. The van der Waals surface area contributed by atoms with E-state index in [0.717, 1.165) is 42.7 Å². The molecule has 0 amide bonds. The Labute approximate surface area is 159 Å². The normalized spacial score (nSPS) is 10.6. The number of ketones is 1. The molecule has 0 fully saturated rings. The number of nitrogens with two attached hydrogens (primary N) is 1. The van der Waals surface area contributed by atoms with E-state index >= 15 is 0 Å². The number of rotatable bonds is 12. The number of anilines is 1. The fourth-order valence-corrected chi connectivity index (χ4v) is 2.63. The molecule has 1 aromatic heterocycles. The Morgan fingerprint density at radius 2 is 2.00 bits per heavy atom. The number of nitrogens with zero attached hydrogens (tertiary/aromatic N) is 2. The maximum Gasteiger partial charge on any atom is 0.222 e. The number of aromatic nitrogens is 2. The van der Waals surface area contributed by atoms with Crippen LogP contribution in [-0.2, 0) is 16.0 Å². The third-order valence-electron chi connectivity index (χ3n) is 4.05. The van der Waals surface area contributed by atoms with Crippen LogP contribution in [0, 0.1) is 5.41 Å². The summed E-state index contributed by atoms with van der Waals surface area (Å²) in [5.41, 5.74) is 8.26. The van der Waals surface area contributed by atoms with Crippen LogP contribution in [0.15, 0.2) is 36.7 Å². The van der Waals surface area contributed by atoms with E-state index in [1.165, 1.54) is 0 Å². The summed E-state index contributed by atoms with van der Waals surface area (Å²) in [5, 5.41) is 10.4. The summed E-state index contributed by atoms with van der Waals surface area (Å²) in [6.07, 6.45) is 6.63. The van der Waals surface area contributed by atoms with Crippen LogP contribution in [0.1, 0.15) is 31.2 Å². The summed E-state index contributed by atoms with van der Waals surface area (Å²) in [6.45, 7) is 1.57. The first-order valence-electron chi connectivity index (χ1n) is 9.07. The number of methoxy groups -OCH3 is 1. The van der Waals surface area contributed by atoms with E-state index in [0.29, 0.717) is 18.8 Å². The summed E-state index contributed by atoms with van der Waals surface area (Å²) in [5.74, 6) is 0.512. The van der Waals surface area contributed by atoms with Gasteiger partial charge in [0.05, 0.1) is 12.3 Å². The molecule has 0 bridgehead atoms. The van der Waals surface area contributed by atoms with Gasteiger partial charge in [-0.1, -0.05) is 24.3 Å². The molecule has 4 N–H and O–H groups in total. The molecular formula is C20H27N5O2. The number of hydrogen-bond acceptors (Lipinski definition) is 6. The van der Waals surface area contributed by atoms with Crippen molar-refractivity contribution in [3.63, 3.8) is 0 Å². The van der Waals surface area contributed by atoms with Gasteiger partial charge in [0.25, 0.3) is 0 Å². The Hall–Kier alpha value is -2.80. The van der Waals surface area contributed by atoms with Gasteiger partial charge in [-0.25, -0.2) is 9.97 Å². The lowest BCUT2D eigenvalue weighted by Crippen LogP contribution is -2.15. The van der Waals surface area contributed by atoms with E-state index in [9.17, 15) is 4.79 Å². The molecule has 2 rings (SSSR count). The largest absolute Gasteiger partial charge is 0.387 e. The summed E-state index contributed by atoms with van der Waals surface area (Å²) >= 11 is 0. The Bertz CT molecular complexity index is 746. The standard InChI is InChI=1S/C20H27N5O2/c1-27-10-3-2-9-23-20-24-13-17(14-25-20)16-6-4-5-15(11-16)7-8-18(26)12-19(21)22/h4-6,11,13-14H,2-3,7-10,12H2,1H3,(H3,21,22)(H,23,24,25). The van der Waals surface area contributed by atoms with E-state index in [2.05, 4.69) is 15.3 Å². The van der Waals surface area contributed by atoms with E-state index < -0.39 is 0 Å². The number of ether oxygens (including phenoxy) is 1. The molecule has 7 heteroatoms. The van der Waals surface area contributed by atoms with Gasteiger partial charge >= 0.3 is 0 Å². The highest BCUT2D eigenvalue weighted by atomic mass is 16.5. The molecule has 0 saturated heterocycles. The number of unbranched alkanes of at least 4 members (excludes halogenated alkanes) is 1. The van der Waals surface area contributed by atoms with Gasteiger partial charge in [0.2, 0.25) is 5.95 Å². The van der Waals surface area contributed by atoms with Crippen LogP contribution in [0.5, 0.6) is 0 Å². The first-order chi connectivity index (χ1) is 13.1. The lowest BCUT2D eigenvalue weighted by atomic mass is 10.0. The first kappa shape index (κ1) is 20.5. The molecule has 1 heterocycles. The number of nitrogens with one attached hydrogen (secondary N) is 2. The Balaban J connectivity index is 1.90. The molecule has 0 radical (unpaired) electrons. The number of benzene rings is 1. The molecule has 0 aliphatic rings. The van der Waals surface area contributed by atoms with Crippen molar-refractivity contribution in [2.45, 2.75) is 32.1 Å². The van der Waals surface area contributed by atoms with Gasteiger partial charge in [-0.3, -0.25) is 10.2 Å². The van der Waals surface area contributed by atoms with Gasteiger partial charge in [-0.05, 0) is 30.4 Å². The maximum absolute atomic E-state index is 11.7. The van der Waals surface area contributed by atoms with Crippen molar-refractivity contribution < 1.29 is 9.53 Å². The molecule has 0 atom stereocenters. The molecule has 0 saturated carbocycles. The average molecular weight is 369 g/mol. The van der Waals surface area contributed by atoms with Gasteiger partial charge in [-0.15, -0.1) is 0 Å². The number of hydrogen-bond donors (Lipinski definition) is 3. The summed E-state index contributed by atoms with van der Waals surface area (Å²) in [6, 6.07) is 7.98. The highest BCUT2D eigenvalue weighted by Crippen LogP contribution is 2.20. The zero-order chi connectivity index (χ0) is 19.5. The quantitative estimate of drug-likeness (QED) is 0.301. The summed E-state index contributed by atoms with van der Waals surface area (Å²) in [4.78, 5) is 20.4. The van der Waals surface area contributed by atoms with Gasteiger partial charge < -0.3 is 15.8 Å². The Morgan fingerprint density at radius 1 is 1.22 bits per heavy atom. The predicted octanol–water partition coefficient (Wildman–Crippen LogP) is 2.81. The minimum atomic E-state index is -0.0849. The third kappa shape index (κ3) is 7.53. The first-order valence-corrected chi connectivity index (χ1v) is 9.07. The molecule has 7 nitrogen and oxygen atoms in total. The predicted molar refractivity (Wildman–Crippen MR) is 107 cm³/mol. The van der Waals surface area contributed by atoms with Crippen LogP contribution >= 0.6 is 0 Å². The van der Waals surface area contributed by atoms with Gasteiger partial charge in [0.1, 0.15) is 5.78 Å². The third-order valence-corrected chi connectivity index (χ3v) is 4.05. The van der Waals surface area contributed by atoms with Crippen molar-refractivity contribution in [2.24, 2.45) is 5.73 Å². The number of aryl methyl sites for hydroxylation is 1. The van der Waals surface area contributed by atoms with E-state index in [-0.39, 0.29) is 18.0 Å². The fraction of sp³-hybridized carbons (Fsp3) is 0.400. The number of carbonyl (C=O) groups excluding carboxylic acids is 1. The second-order valence-electron chi connectivity index (χ2n) is 6.36. The Kier molecular flexibility index (Phi) is 8.38. The van der Waals surface area contributed by atoms with Crippen molar-refractivity contribution >= 4 is 17.6 Å². The zero-order valence-corrected chi connectivity index (χ0v) is 15.7. The van der Waals surface area contributed by atoms with Gasteiger partial charge in [0.15, 0.2) is 0 Å². The van der Waals surface area contributed by atoms with Crippen LogP contribution in [0.3, 0.4) is 0 Å². The lowest BCUT2D eigenvalue weighted by molar-refractivity contribution is -0.117. The molecule has 0 unspecified atom stereocenters. The van der Waals surface area contributed by atoms with Crippen LogP contribution < -0.4 is 11.1 Å². The SMILES string of the molecule is COCCCCNc1ncc(-c2cccc(CCC(=O)CC(=N)N)c2)cn1. The van der Waals surface area contributed by atoms with Crippen molar-refractivity contribution in [3.8, 4) is 11.1 Å². The van der Waals surface area contributed by atoms with E-state index in [4.69, 9.17) is 15.9 Å². The molecule has 27 heavy (non-hydrogen) atoms. The second kappa shape index (κ2) is 11.0. The topological polar surface area (TPSA) is 114 Å². The average Bonchev–Trinajstić information content (AvgIpc) is 2.66. The van der Waals surface area contributed by atoms with Crippen LogP contribution in [0.2, 0.25) is 0 Å². The molecule has 2 aromatic rings. The maximum atomic E-state index is 11.7. The molecule has 0 aliphatic carbocycles. The molecule has 1 aromatic carbocycles. The number of amidine groups is 1. The molecular weight excluding hydrogens is 342 g/mol. The minimum absolute atomic E-state index is 0.0165. The summed E-state index contributed by atoms with van der Waals surface area (Å²) in [7, 11) is 1.70. The van der Waals surface area contributed by atoms with Crippen molar-refractivity contribution in [3.05, 3.63) is 42.2 Å². The summed E-state index contributed by atoms with van der Waals surface area (Å²) < 4.78 is 5.02. The monoisotopic (exact) mass is 369 g/mol. The molecule has 0 aliphatic heterocycles. The lowest BCUT2D eigenvalue weighted by Gasteiger charge is -2.07. The van der Waals surface area contributed by atoms with Crippen molar-refractivity contribution in [1.29, 1.82) is 5.41 Å². The van der Waals surface area contributed by atoms with E-state index in [1.807, 2.05) is 24.3 Å². The van der Waals surface area contributed by atoms with E-state index in [1.54, 1.807) is 19.5 Å². The zero-order valence-electron chi connectivity index (χ0n) is 15.7. The number of Topliss-reactive ketones (excluding diaryl/α,β-unsaturated/α-hetero) is 1. The highest BCUT2D eigenvalue weighted by Gasteiger charge is 2.06. The Morgan fingerprint density at radius 3 is 2.70 bits per heavy atom. The highest BCUT2D eigenvalue weighted by molar-refractivity contribution is 5.98. The smallest absolute Gasteiger partial charge is 0.222 e. The van der Waals surface area contributed by atoms with Crippen LogP contribution in [-0.4, -0.2) is 41.8 Å². The second-order valence-corrected chi connectivity index (χ2v) is 6.36. The number of carbonyl (C=O) groups is 1. The van der Waals surface area contributed by atoms with Crippen LogP contribution in [0.25, 0.3) is 11.1 Å². The van der Waals surface area contributed by atoms with Gasteiger partial charge in [0, 0.05) is 44.6 Å². The van der Waals surface area contributed by atoms with Gasteiger partial charge in [-0.2, -0.15) is 0 Å².